The highest BCUT2D eigenvalue weighted by atomic mass is 32.1. The Labute approximate surface area is 183 Å². The number of aryl methyl sites for hydroxylation is 1. The minimum atomic E-state index is -0.598. The molecule has 32 heavy (non-hydrogen) atoms. The van der Waals surface area contributed by atoms with Gasteiger partial charge >= 0.3 is 11.8 Å². The van der Waals surface area contributed by atoms with E-state index in [4.69, 9.17) is 4.42 Å². The molecule has 1 atom stereocenters. The minimum Gasteiger partial charge on any atom is -0.411 e. The average Bonchev–Trinajstić information content (AvgIpc) is 3.57. The minimum absolute atomic E-state index is 0.151. The van der Waals surface area contributed by atoms with Crippen LogP contribution in [0.3, 0.4) is 0 Å². The normalized spacial score (nSPS) is 15.9. The van der Waals surface area contributed by atoms with E-state index in [9.17, 15) is 9.18 Å². The molecule has 0 aliphatic carbocycles. The fourth-order valence-electron chi connectivity index (χ4n) is 3.86. The fraction of sp³-hybridized carbons (Fsp3) is 0.200. The SMILES string of the molecule is Cn1ccc(-c2nnc(C(=O)N3CCc4[nH]cnc4[C@H]3c3nc4c(F)cccc4s3)o2)n1. The second kappa shape index (κ2) is 7.05. The van der Waals surface area contributed by atoms with E-state index in [1.807, 2.05) is 0 Å². The third kappa shape index (κ3) is 2.91. The first kappa shape index (κ1) is 18.8. The van der Waals surface area contributed by atoms with Crippen LogP contribution >= 0.6 is 11.3 Å². The molecule has 6 rings (SSSR count). The Balaban J connectivity index is 1.41. The number of H-pyrrole nitrogens is 1. The lowest BCUT2D eigenvalue weighted by molar-refractivity contribution is 0.0650. The summed E-state index contributed by atoms with van der Waals surface area (Å²) < 4.78 is 22.2. The number of hydrogen-bond acceptors (Lipinski definition) is 8. The predicted molar refractivity (Wildman–Crippen MR) is 111 cm³/mol. The lowest BCUT2D eigenvalue weighted by Crippen LogP contribution is -2.41. The highest BCUT2D eigenvalue weighted by Gasteiger charge is 2.38. The summed E-state index contributed by atoms with van der Waals surface area (Å²) in [5.74, 6) is -0.845. The number of amides is 1. The third-order valence-electron chi connectivity index (χ3n) is 5.35. The Morgan fingerprint density at radius 1 is 1.31 bits per heavy atom. The van der Waals surface area contributed by atoms with E-state index in [1.54, 1.807) is 47.4 Å². The number of thiazole rings is 1. The van der Waals surface area contributed by atoms with Gasteiger partial charge in [-0.15, -0.1) is 21.5 Å². The summed E-state index contributed by atoms with van der Waals surface area (Å²) in [6.07, 6.45) is 3.91. The summed E-state index contributed by atoms with van der Waals surface area (Å²) in [5, 5.41) is 12.7. The van der Waals surface area contributed by atoms with Crippen molar-refractivity contribution in [2.45, 2.75) is 12.5 Å². The molecule has 0 saturated heterocycles. The molecular weight excluding hydrogens is 435 g/mol. The van der Waals surface area contributed by atoms with Gasteiger partial charge in [0.25, 0.3) is 5.89 Å². The van der Waals surface area contributed by atoms with Crippen LogP contribution in [0.4, 0.5) is 4.39 Å². The van der Waals surface area contributed by atoms with Gasteiger partial charge in [-0.2, -0.15) is 5.10 Å². The second-order valence-corrected chi connectivity index (χ2v) is 8.41. The van der Waals surface area contributed by atoms with Gasteiger partial charge in [-0.05, 0) is 18.2 Å². The number of carbonyl (C=O) groups is 1. The Bertz CT molecular complexity index is 1470. The zero-order chi connectivity index (χ0) is 21.8. The van der Waals surface area contributed by atoms with Crippen molar-refractivity contribution in [1.82, 2.24) is 39.8 Å². The quantitative estimate of drug-likeness (QED) is 0.449. The van der Waals surface area contributed by atoms with E-state index >= 15 is 0 Å². The summed E-state index contributed by atoms with van der Waals surface area (Å²) in [4.78, 5) is 27.1. The number of imidazole rings is 1. The molecule has 160 valence electrons. The van der Waals surface area contributed by atoms with Gasteiger partial charge in [0.05, 0.1) is 16.7 Å². The molecule has 0 radical (unpaired) electrons. The lowest BCUT2D eigenvalue weighted by Gasteiger charge is -2.32. The van der Waals surface area contributed by atoms with Crippen LogP contribution in [0.5, 0.6) is 0 Å². The number of aromatic amines is 1. The van der Waals surface area contributed by atoms with Crippen LogP contribution in [0.25, 0.3) is 21.8 Å². The maximum absolute atomic E-state index is 14.3. The second-order valence-electron chi connectivity index (χ2n) is 7.34. The molecular formula is C20H15FN8O2S. The van der Waals surface area contributed by atoms with Gasteiger partial charge in [0.2, 0.25) is 0 Å². The lowest BCUT2D eigenvalue weighted by atomic mass is 10.0. The number of rotatable bonds is 3. The summed E-state index contributed by atoms with van der Waals surface area (Å²) in [7, 11) is 1.77. The Morgan fingerprint density at radius 3 is 3.03 bits per heavy atom. The number of para-hydroxylation sites is 1. The molecule has 4 aromatic heterocycles. The summed E-state index contributed by atoms with van der Waals surface area (Å²) in [6, 6.07) is 5.93. The van der Waals surface area contributed by atoms with Crippen LogP contribution < -0.4 is 0 Å². The van der Waals surface area contributed by atoms with E-state index < -0.39 is 17.8 Å². The van der Waals surface area contributed by atoms with E-state index in [0.29, 0.717) is 34.1 Å². The summed E-state index contributed by atoms with van der Waals surface area (Å²) >= 11 is 1.33. The summed E-state index contributed by atoms with van der Waals surface area (Å²) in [5.41, 5.74) is 2.34. The maximum atomic E-state index is 14.3. The predicted octanol–water partition coefficient (Wildman–Crippen LogP) is 2.73. The van der Waals surface area contributed by atoms with Gasteiger partial charge < -0.3 is 14.3 Å². The van der Waals surface area contributed by atoms with Crippen LogP contribution in [0.15, 0.2) is 41.2 Å². The number of benzene rings is 1. The molecule has 5 aromatic rings. The number of halogens is 1. The van der Waals surface area contributed by atoms with Gasteiger partial charge in [0.1, 0.15) is 28.1 Å². The molecule has 1 amide bonds. The van der Waals surface area contributed by atoms with Crippen molar-refractivity contribution in [3.63, 3.8) is 0 Å². The van der Waals surface area contributed by atoms with Gasteiger partial charge in [0.15, 0.2) is 0 Å². The number of fused-ring (bicyclic) bond motifs is 2. The average molecular weight is 450 g/mol. The molecule has 0 spiro atoms. The van der Waals surface area contributed by atoms with E-state index in [2.05, 4.69) is 30.2 Å². The summed E-state index contributed by atoms with van der Waals surface area (Å²) in [6.45, 7) is 0.387. The van der Waals surface area contributed by atoms with E-state index in [-0.39, 0.29) is 17.3 Å². The molecule has 1 aliphatic heterocycles. The van der Waals surface area contributed by atoms with Crippen molar-refractivity contribution >= 4 is 27.5 Å². The smallest absolute Gasteiger partial charge is 0.312 e. The first-order chi connectivity index (χ1) is 15.6. The molecule has 1 aromatic carbocycles. The molecule has 0 fully saturated rings. The van der Waals surface area contributed by atoms with Crippen molar-refractivity contribution in [1.29, 1.82) is 0 Å². The number of hydrogen-bond donors (Lipinski definition) is 1. The van der Waals surface area contributed by atoms with Crippen molar-refractivity contribution in [2.75, 3.05) is 6.54 Å². The highest BCUT2D eigenvalue weighted by Crippen LogP contribution is 2.38. The van der Waals surface area contributed by atoms with Crippen molar-refractivity contribution in [3.05, 3.63) is 64.9 Å². The molecule has 1 aliphatic rings. The fourth-order valence-corrected chi connectivity index (χ4v) is 4.96. The first-order valence-electron chi connectivity index (χ1n) is 9.80. The zero-order valence-electron chi connectivity index (χ0n) is 16.7. The standard InChI is InChI=1S/C20H15FN8O2S/c1-28-7-5-12(27-28)17-25-26-18(31-17)20(30)29-8-6-11-15(23-9-22-11)16(29)19-24-14-10(21)3-2-4-13(14)32-19/h2-5,7,9,16H,6,8H2,1H3,(H,22,23)/t16-/m0/s1. The largest absolute Gasteiger partial charge is 0.411 e. The molecule has 0 saturated carbocycles. The Kier molecular flexibility index (Phi) is 4.15. The van der Waals surface area contributed by atoms with E-state index in [0.717, 1.165) is 5.69 Å². The maximum Gasteiger partial charge on any atom is 0.312 e. The highest BCUT2D eigenvalue weighted by molar-refractivity contribution is 7.18. The number of carbonyl (C=O) groups excluding carboxylic acids is 1. The van der Waals surface area contributed by atoms with Crippen molar-refractivity contribution in [3.8, 4) is 11.6 Å². The van der Waals surface area contributed by atoms with Crippen molar-refractivity contribution < 1.29 is 13.6 Å². The Morgan fingerprint density at radius 2 is 2.22 bits per heavy atom. The van der Waals surface area contributed by atoms with Gasteiger partial charge in [-0.25, -0.2) is 14.4 Å². The van der Waals surface area contributed by atoms with Gasteiger partial charge in [0, 0.05) is 31.9 Å². The topological polar surface area (TPSA) is 119 Å². The van der Waals surface area contributed by atoms with E-state index in [1.165, 1.54) is 17.4 Å². The van der Waals surface area contributed by atoms with Crippen LogP contribution in [0.2, 0.25) is 0 Å². The monoisotopic (exact) mass is 450 g/mol. The Hall–Kier alpha value is -3.93. The van der Waals surface area contributed by atoms with Gasteiger partial charge in [-0.3, -0.25) is 9.48 Å². The van der Waals surface area contributed by atoms with Crippen LogP contribution in [-0.2, 0) is 13.5 Å². The molecule has 0 bridgehead atoms. The number of nitrogens with one attached hydrogen (secondary N) is 1. The molecule has 1 N–H and O–H groups in total. The van der Waals surface area contributed by atoms with Crippen LogP contribution in [-0.4, -0.2) is 52.3 Å². The first-order valence-corrected chi connectivity index (χ1v) is 10.6. The molecule has 5 heterocycles. The van der Waals surface area contributed by atoms with Gasteiger partial charge in [-0.1, -0.05) is 6.07 Å². The van der Waals surface area contributed by atoms with Crippen LogP contribution in [0.1, 0.15) is 33.1 Å². The molecule has 0 unspecified atom stereocenters. The number of aromatic nitrogens is 7. The molecule has 10 nitrogen and oxygen atoms in total. The number of nitrogens with zero attached hydrogens (tertiary/aromatic N) is 7. The van der Waals surface area contributed by atoms with Crippen molar-refractivity contribution in [2.24, 2.45) is 7.05 Å². The zero-order valence-corrected chi connectivity index (χ0v) is 17.5. The van der Waals surface area contributed by atoms with Crippen LogP contribution in [0, 0.1) is 5.82 Å². The third-order valence-corrected chi connectivity index (χ3v) is 6.42. The molecule has 12 heteroatoms.